The Morgan fingerprint density at radius 3 is 1.66 bits per heavy atom. The molecule has 0 nitrogen and oxygen atoms in total. The fraction of sp³-hybridized carbons (Fsp3) is 0.364. The number of aryl methyl sites for hydroxylation is 5. The van der Waals surface area contributed by atoms with Crippen LogP contribution in [0.4, 0.5) is 0 Å². The van der Waals surface area contributed by atoms with E-state index in [0.717, 1.165) is 19.3 Å². The predicted octanol–water partition coefficient (Wildman–Crippen LogP) is 15.3. The summed E-state index contributed by atoms with van der Waals surface area (Å²) in [7, 11) is 0. The SMILES string of the molecule is Cc1cc(C)c2c(c1)C(CCc1ccc(-c3ccccc3)cc1C)c1ccc(-c3ccccc3)cc1B2c1cc2c(cc1C(C)c1cc3c(cc1C)C(C)(C)CCC3(C)C)C(C)(C)CC2(C)C. The topological polar surface area (TPSA) is 0 Å². The Kier molecular flexibility index (Phi) is 11.1. The zero-order chi connectivity index (χ0) is 47.4. The maximum Gasteiger partial charge on any atom is 0.242 e. The van der Waals surface area contributed by atoms with E-state index in [4.69, 9.17) is 0 Å². The van der Waals surface area contributed by atoms with E-state index in [9.17, 15) is 0 Å². The van der Waals surface area contributed by atoms with Gasteiger partial charge in [0.1, 0.15) is 0 Å². The molecule has 0 radical (unpaired) electrons. The van der Waals surface area contributed by atoms with Gasteiger partial charge >= 0.3 is 0 Å². The molecular weight excluding hydrogens is 804 g/mol. The predicted molar refractivity (Wildman–Crippen MR) is 290 cm³/mol. The van der Waals surface area contributed by atoms with E-state index in [0.29, 0.717) is 0 Å². The Bertz CT molecular complexity index is 3050. The fourth-order valence-corrected chi connectivity index (χ4v) is 13.7. The summed E-state index contributed by atoms with van der Waals surface area (Å²) in [6.45, 7) is 32.0. The minimum absolute atomic E-state index is 0.0671. The van der Waals surface area contributed by atoms with Crippen molar-refractivity contribution in [2.75, 3.05) is 0 Å². The first kappa shape index (κ1) is 45.4. The first-order chi connectivity index (χ1) is 31.7. The second-order valence-corrected chi connectivity index (χ2v) is 24.0. The van der Waals surface area contributed by atoms with Crippen molar-refractivity contribution in [1.82, 2.24) is 0 Å². The molecule has 7 aromatic rings. The first-order valence-electron chi connectivity index (χ1n) is 25.5. The van der Waals surface area contributed by atoms with Crippen LogP contribution in [0.2, 0.25) is 0 Å². The van der Waals surface area contributed by atoms with Crippen LogP contribution in [0.3, 0.4) is 0 Å². The van der Waals surface area contributed by atoms with Gasteiger partial charge in [-0.1, -0.05) is 223 Å². The van der Waals surface area contributed by atoms with E-state index in [1.807, 2.05) is 0 Å². The molecule has 0 bridgehead atoms. The van der Waals surface area contributed by atoms with Gasteiger partial charge in [-0.05, 0) is 165 Å². The van der Waals surface area contributed by atoms with Crippen molar-refractivity contribution >= 4 is 23.1 Å². The largest absolute Gasteiger partial charge is 0.242 e. The van der Waals surface area contributed by atoms with Gasteiger partial charge in [-0.2, -0.15) is 0 Å². The summed E-state index contributed by atoms with van der Waals surface area (Å²) in [4.78, 5) is 0. The summed E-state index contributed by atoms with van der Waals surface area (Å²) in [6.07, 6.45) is 5.68. The molecule has 2 unspecified atom stereocenters. The highest BCUT2D eigenvalue weighted by atomic mass is 14.5. The van der Waals surface area contributed by atoms with E-state index >= 15 is 0 Å². The summed E-state index contributed by atoms with van der Waals surface area (Å²) < 4.78 is 0. The standard InChI is InChI=1S/C66H73B/c1-41-32-44(4)62-55(33-41)51(28-26-46-24-25-49(34-42(46)2)47-20-16-14-17-21-47)52-29-27-50(48-22-18-15-19-23-48)36-60(52)67(62)61-39-59-58(65(10,11)40-66(59,12)13)38-54(61)45(5)53-37-57-56(35-43(53)3)63(6,7)30-31-64(57,8)9/h14-25,27,29,32-39,45,51H,26,28,30-31,40H2,1-13H3. The Morgan fingerprint density at radius 1 is 0.478 bits per heavy atom. The van der Waals surface area contributed by atoms with E-state index < -0.39 is 0 Å². The van der Waals surface area contributed by atoms with Crippen LogP contribution in [0.15, 0.2) is 133 Å². The first-order valence-corrected chi connectivity index (χ1v) is 25.5. The molecule has 3 aliphatic rings. The van der Waals surface area contributed by atoms with Gasteiger partial charge in [-0.25, -0.2) is 0 Å². The lowest BCUT2D eigenvalue weighted by molar-refractivity contribution is 0.331. The third kappa shape index (κ3) is 7.87. The summed E-state index contributed by atoms with van der Waals surface area (Å²) >= 11 is 0. The highest BCUT2D eigenvalue weighted by Crippen LogP contribution is 2.51. The van der Waals surface area contributed by atoms with Gasteiger partial charge in [0.15, 0.2) is 0 Å². The second-order valence-electron chi connectivity index (χ2n) is 24.0. The molecule has 0 saturated carbocycles. The van der Waals surface area contributed by atoms with Gasteiger partial charge < -0.3 is 0 Å². The summed E-state index contributed by atoms with van der Waals surface area (Å²) in [5, 5.41) is 0. The van der Waals surface area contributed by atoms with E-state index in [2.05, 4.69) is 223 Å². The zero-order valence-corrected chi connectivity index (χ0v) is 43.0. The minimum atomic E-state index is 0.0671. The number of hydrogen-bond donors (Lipinski definition) is 0. The summed E-state index contributed by atoms with van der Waals surface area (Å²) in [5.41, 5.74) is 29.3. The molecule has 0 saturated heterocycles. The van der Waals surface area contributed by atoms with Crippen LogP contribution in [-0.4, -0.2) is 6.71 Å². The van der Waals surface area contributed by atoms with Crippen molar-refractivity contribution in [1.29, 1.82) is 0 Å². The van der Waals surface area contributed by atoms with Crippen LogP contribution in [0.5, 0.6) is 0 Å². The molecule has 2 atom stereocenters. The quantitative estimate of drug-likeness (QED) is 0.133. The number of benzene rings is 7. The Balaban J connectivity index is 1.19. The number of fused-ring (bicyclic) bond motifs is 4. The maximum atomic E-state index is 2.74. The van der Waals surface area contributed by atoms with Crippen molar-refractivity contribution in [2.24, 2.45) is 0 Å². The fourth-order valence-electron chi connectivity index (χ4n) is 13.7. The normalized spacial score (nSPS) is 18.7. The van der Waals surface area contributed by atoms with Gasteiger partial charge in [0.05, 0.1) is 0 Å². The summed E-state index contributed by atoms with van der Waals surface area (Å²) in [5.74, 6) is 0.484. The second kappa shape index (κ2) is 16.4. The van der Waals surface area contributed by atoms with Crippen molar-refractivity contribution in [3.05, 3.63) is 206 Å². The minimum Gasteiger partial charge on any atom is -0.0646 e. The van der Waals surface area contributed by atoms with Crippen LogP contribution in [0.1, 0.15) is 172 Å². The molecule has 0 spiro atoms. The molecule has 340 valence electrons. The van der Waals surface area contributed by atoms with E-state index in [-0.39, 0.29) is 40.2 Å². The monoisotopic (exact) mass is 877 g/mol. The third-order valence-corrected chi connectivity index (χ3v) is 17.3. The molecular formula is C66H73B. The number of hydrogen-bond acceptors (Lipinski definition) is 0. The smallest absolute Gasteiger partial charge is 0.0646 e. The lowest BCUT2D eigenvalue weighted by Crippen LogP contribution is -2.60. The van der Waals surface area contributed by atoms with Crippen LogP contribution in [-0.2, 0) is 28.1 Å². The highest BCUT2D eigenvalue weighted by Gasteiger charge is 2.46. The molecule has 0 N–H and O–H groups in total. The van der Waals surface area contributed by atoms with Crippen molar-refractivity contribution in [3.8, 4) is 22.3 Å². The zero-order valence-electron chi connectivity index (χ0n) is 43.0. The number of rotatable bonds is 8. The molecule has 10 rings (SSSR count). The third-order valence-electron chi connectivity index (χ3n) is 17.3. The molecule has 7 aromatic carbocycles. The van der Waals surface area contributed by atoms with Crippen molar-refractivity contribution in [3.63, 3.8) is 0 Å². The van der Waals surface area contributed by atoms with Gasteiger partial charge in [-0.15, -0.1) is 0 Å². The van der Waals surface area contributed by atoms with Crippen molar-refractivity contribution < 1.29 is 0 Å². The van der Waals surface area contributed by atoms with Gasteiger partial charge in [0, 0.05) is 11.8 Å². The van der Waals surface area contributed by atoms with Crippen LogP contribution in [0, 0.1) is 27.7 Å². The van der Waals surface area contributed by atoms with Gasteiger partial charge in [0.25, 0.3) is 0 Å². The summed E-state index contributed by atoms with van der Waals surface area (Å²) in [6, 6.07) is 52.4. The lowest BCUT2D eigenvalue weighted by atomic mass is 9.31. The molecule has 1 heterocycles. The molecule has 0 aromatic heterocycles. The Labute approximate surface area is 404 Å². The van der Waals surface area contributed by atoms with E-state index in [1.165, 1.54) is 107 Å². The molecule has 2 aliphatic carbocycles. The average Bonchev–Trinajstić information content (AvgIpc) is 3.48. The Morgan fingerprint density at radius 2 is 1.03 bits per heavy atom. The van der Waals surface area contributed by atoms with Gasteiger partial charge in [0.2, 0.25) is 6.71 Å². The van der Waals surface area contributed by atoms with Crippen LogP contribution >= 0.6 is 0 Å². The molecule has 1 aliphatic heterocycles. The lowest BCUT2D eigenvalue weighted by Gasteiger charge is -2.43. The molecule has 0 amide bonds. The van der Waals surface area contributed by atoms with Gasteiger partial charge in [-0.3, -0.25) is 0 Å². The highest BCUT2D eigenvalue weighted by molar-refractivity contribution is 6.97. The van der Waals surface area contributed by atoms with Crippen LogP contribution < -0.4 is 16.4 Å². The molecule has 0 fully saturated rings. The Hall–Kier alpha value is -5.40. The van der Waals surface area contributed by atoms with E-state index in [1.54, 1.807) is 16.7 Å². The maximum absolute atomic E-state index is 2.74. The van der Waals surface area contributed by atoms with Crippen LogP contribution in [0.25, 0.3) is 22.3 Å². The molecule has 1 heteroatoms. The molecule has 67 heavy (non-hydrogen) atoms. The van der Waals surface area contributed by atoms with Crippen molar-refractivity contribution in [2.45, 2.75) is 156 Å². The average molecular weight is 877 g/mol.